The van der Waals surface area contributed by atoms with Crippen molar-refractivity contribution in [2.24, 2.45) is 0 Å². The van der Waals surface area contributed by atoms with Gasteiger partial charge in [0.2, 0.25) is 0 Å². The second-order valence-electron chi connectivity index (χ2n) is 6.75. The molecule has 0 unspecified atom stereocenters. The van der Waals surface area contributed by atoms with Gasteiger partial charge in [-0.3, -0.25) is 0 Å². The number of nitrogens with zero attached hydrogens (tertiary/aromatic N) is 1. The Labute approximate surface area is 140 Å². The molecular weight excluding hydrogens is 302 g/mol. The highest BCUT2D eigenvalue weighted by molar-refractivity contribution is 5.96. The summed E-state index contributed by atoms with van der Waals surface area (Å²) in [5, 5.41) is 0.953. The second kappa shape index (κ2) is 5.60. The molecule has 0 fully saturated rings. The Morgan fingerprint density at radius 3 is 2.38 bits per heavy atom. The molecule has 1 heterocycles. The lowest BCUT2D eigenvalue weighted by molar-refractivity contribution is 0.0547. The number of para-hydroxylation sites is 1. The molecule has 0 aliphatic heterocycles. The first-order chi connectivity index (χ1) is 11.3. The molecule has 0 saturated carbocycles. The van der Waals surface area contributed by atoms with E-state index in [2.05, 4.69) is 0 Å². The van der Waals surface area contributed by atoms with Gasteiger partial charge in [0.15, 0.2) is 0 Å². The predicted molar refractivity (Wildman–Crippen MR) is 97.8 cm³/mol. The first-order valence-electron chi connectivity index (χ1n) is 7.75. The Bertz CT molecular complexity index is 920. The van der Waals surface area contributed by atoms with E-state index in [1.807, 2.05) is 57.2 Å². The summed E-state index contributed by atoms with van der Waals surface area (Å²) in [6.45, 7) is 5.53. The maximum absolute atomic E-state index is 12.8. The van der Waals surface area contributed by atoms with Gasteiger partial charge in [-0.2, -0.15) is 0 Å². The van der Waals surface area contributed by atoms with Crippen molar-refractivity contribution in [3.05, 3.63) is 48.5 Å². The fraction of sp³-hybridized carbons (Fsp3) is 0.211. The quantitative estimate of drug-likeness (QED) is 0.656. The number of fused-ring (bicyclic) bond motifs is 1. The molecule has 0 aliphatic rings. The molecule has 0 aliphatic carbocycles. The van der Waals surface area contributed by atoms with E-state index in [0.717, 1.165) is 22.2 Å². The number of benzene rings is 2. The summed E-state index contributed by atoms with van der Waals surface area (Å²) < 4.78 is 7.15. The summed E-state index contributed by atoms with van der Waals surface area (Å²) in [4.78, 5) is 12.8. The molecule has 24 heavy (non-hydrogen) atoms. The van der Waals surface area contributed by atoms with Gasteiger partial charge in [-0.15, -0.1) is 0 Å². The molecule has 2 aromatic carbocycles. The third kappa shape index (κ3) is 2.93. The Hall–Kier alpha value is -2.95. The maximum atomic E-state index is 12.8. The number of hydrogen-bond donors (Lipinski definition) is 2. The molecule has 0 amide bonds. The molecule has 1 aromatic heterocycles. The summed E-state index contributed by atoms with van der Waals surface area (Å²) >= 11 is 0. The fourth-order valence-corrected chi connectivity index (χ4v) is 2.61. The number of nitrogens with two attached hydrogens (primary N) is 2. The number of ether oxygens (including phenoxy) is 1. The van der Waals surface area contributed by atoms with Crippen LogP contribution >= 0.6 is 0 Å². The zero-order chi connectivity index (χ0) is 17.5. The van der Waals surface area contributed by atoms with Crippen molar-refractivity contribution < 1.29 is 9.53 Å². The Kier molecular flexibility index (Phi) is 3.72. The van der Waals surface area contributed by atoms with E-state index in [4.69, 9.17) is 16.2 Å². The topological polar surface area (TPSA) is 83.3 Å². The molecule has 5 nitrogen and oxygen atoms in total. The zero-order valence-electron chi connectivity index (χ0n) is 14.0. The van der Waals surface area contributed by atoms with Crippen molar-refractivity contribution in [2.75, 3.05) is 11.5 Å². The van der Waals surface area contributed by atoms with Crippen LogP contribution in [0.1, 0.15) is 20.8 Å². The molecule has 0 saturated heterocycles. The third-order valence-corrected chi connectivity index (χ3v) is 3.67. The highest BCUT2D eigenvalue weighted by Crippen LogP contribution is 2.31. The molecule has 124 valence electrons. The second-order valence-corrected chi connectivity index (χ2v) is 6.75. The lowest BCUT2D eigenvalue weighted by atomic mass is 10.1. The van der Waals surface area contributed by atoms with Gasteiger partial charge in [-0.1, -0.05) is 24.3 Å². The molecule has 3 aromatic rings. The van der Waals surface area contributed by atoms with Crippen molar-refractivity contribution in [3.8, 4) is 11.3 Å². The maximum Gasteiger partial charge on any atom is 0.419 e. The molecule has 0 atom stereocenters. The fourth-order valence-electron chi connectivity index (χ4n) is 2.61. The number of hydrogen-bond acceptors (Lipinski definition) is 4. The lowest BCUT2D eigenvalue weighted by Crippen LogP contribution is -2.27. The van der Waals surface area contributed by atoms with Crippen LogP contribution in [0.2, 0.25) is 0 Å². The van der Waals surface area contributed by atoms with Crippen LogP contribution < -0.4 is 11.5 Å². The average molecular weight is 323 g/mol. The van der Waals surface area contributed by atoms with Crippen LogP contribution in [0.25, 0.3) is 22.2 Å². The van der Waals surface area contributed by atoms with Crippen molar-refractivity contribution in [1.29, 1.82) is 0 Å². The van der Waals surface area contributed by atoms with Gasteiger partial charge in [0, 0.05) is 10.9 Å². The van der Waals surface area contributed by atoms with E-state index in [9.17, 15) is 4.79 Å². The summed E-state index contributed by atoms with van der Waals surface area (Å²) in [7, 11) is 0. The minimum Gasteiger partial charge on any atom is -0.443 e. The zero-order valence-corrected chi connectivity index (χ0v) is 14.0. The number of nitrogen functional groups attached to an aromatic ring is 2. The Balaban J connectivity index is 2.22. The van der Waals surface area contributed by atoms with Crippen LogP contribution in [0.4, 0.5) is 16.2 Å². The molecule has 3 rings (SSSR count). The lowest BCUT2D eigenvalue weighted by Gasteiger charge is -2.21. The van der Waals surface area contributed by atoms with Crippen molar-refractivity contribution in [3.63, 3.8) is 0 Å². The minimum atomic E-state index is -0.583. The standard InChI is InChI=1S/C19H21N3O2/c1-19(2,3)24-18(23)22-16-7-5-4-6-12(16)11-17(22)13-8-9-14(20)15(21)10-13/h4-11H,20-21H2,1-3H3. The van der Waals surface area contributed by atoms with E-state index in [1.165, 1.54) is 0 Å². The van der Waals surface area contributed by atoms with Crippen molar-refractivity contribution in [1.82, 2.24) is 4.57 Å². The van der Waals surface area contributed by atoms with E-state index in [-0.39, 0.29) is 0 Å². The van der Waals surface area contributed by atoms with Crippen LogP contribution in [0.5, 0.6) is 0 Å². The predicted octanol–water partition coefficient (Wildman–Crippen LogP) is 4.26. The normalized spacial score (nSPS) is 11.6. The number of carbonyl (C=O) groups is 1. The monoisotopic (exact) mass is 323 g/mol. The highest BCUT2D eigenvalue weighted by atomic mass is 16.6. The number of aromatic nitrogens is 1. The molecule has 0 bridgehead atoms. The van der Waals surface area contributed by atoms with Crippen molar-refractivity contribution >= 4 is 28.4 Å². The van der Waals surface area contributed by atoms with Crippen molar-refractivity contribution in [2.45, 2.75) is 26.4 Å². The van der Waals surface area contributed by atoms with Gasteiger partial charge in [-0.05, 0) is 45.0 Å². The summed E-state index contributed by atoms with van der Waals surface area (Å²) in [5.74, 6) is 0. The van der Waals surface area contributed by atoms with Gasteiger partial charge in [0.1, 0.15) is 5.60 Å². The highest BCUT2D eigenvalue weighted by Gasteiger charge is 2.22. The van der Waals surface area contributed by atoms with Crippen LogP contribution in [-0.4, -0.2) is 16.3 Å². The van der Waals surface area contributed by atoms with E-state index in [1.54, 1.807) is 16.7 Å². The van der Waals surface area contributed by atoms with Crippen LogP contribution in [-0.2, 0) is 4.74 Å². The van der Waals surface area contributed by atoms with Crippen LogP contribution in [0.15, 0.2) is 48.5 Å². The summed E-state index contributed by atoms with van der Waals surface area (Å²) in [6, 6.07) is 15.0. The first kappa shape index (κ1) is 15.9. The molecule has 0 spiro atoms. The van der Waals surface area contributed by atoms with Gasteiger partial charge in [0.25, 0.3) is 0 Å². The summed E-state index contributed by atoms with van der Waals surface area (Å²) in [5.41, 5.74) is 14.5. The van der Waals surface area contributed by atoms with E-state index in [0.29, 0.717) is 11.4 Å². The van der Waals surface area contributed by atoms with E-state index >= 15 is 0 Å². The molecular formula is C19H21N3O2. The summed E-state index contributed by atoms with van der Waals surface area (Å²) in [6.07, 6.45) is -0.422. The van der Waals surface area contributed by atoms with Gasteiger partial charge < -0.3 is 16.2 Å². The smallest absolute Gasteiger partial charge is 0.419 e. The average Bonchev–Trinajstić information content (AvgIpc) is 2.87. The third-order valence-electron chi connectivity index (χ3n) is 3.67. The van der Waals surface area contributed by atoms with E-state index < -0.39 is 11.7 Å². The molecule has 5 heteroatoms. The molecule has 0 radical (unpaired) electrons. The van der Waals surface area contributed by atoms with Gasteiger partial charge in [-0.25, -0.2) is 9.36 Å². The SMILES string of the molecule is CC(C)(C)OC(=O)n1c(-c2ccc(N)c(N)c2)cc2ccccc21. The largest absolute Gasteiger partial charge is 0.443 e. The number of anilines is 2. The van der Waals surface area contributed by atoms with Crippen LogP contribution in [0, 0.1) is 0 Å². The Morgan fingerprint density at radius 1 is 1.00 bits per heavy atom. The minimum absolute atomic E-state index is 0.422. The Morgan fingerprint density at radius 2 is 1.71 bits per heavy atom. The number of rotatable bonds is 1. The van der Waals surface area contributed by atoms with Gasteiger partial charge in [0.05, 0.1) is 22.6 Å². The number of carbonyl (C=O) groups excluding carboxylic acids is 1. The molecule has 4 N–H and O–H groups in total. The van der Waals surface area contributed by atoms with Crippen LogP contribution in [0.3, 0.4) is 0 Å². The van der Waals surface area contributed by atoms with Gasteiger partial charge >= 0.3 is 6.09 Å². The first-order valence-corrected chi connectivity index (χ1v) is 7.75.